The summed E-state index contributed by atoms with van der Waals surface area (Å²) in [6.45, 7) is 1.72. The van der Waals surface area contributed by atoms with Crippen molar-refractivity contribution in [3.8, 4) is 5.75 Å². The molecule has 1 aliphatic carbocycles. The minimum absolute atomic E-state index is 0.0394. The molecule has 0 bridgehead atoms. The predicted molar refractivity (Wildman–Crippen MR) is 171 cm³/mol. The standard InChI is InChI=1S/C33H40ClN3O5S/c1-3-42-31-17-11-10-16-29(31)37(43(2,40)41)24-32(38)36(23-26-18-20-27(34)21-19-26)30(22-25-12-6-4-7-13-25)33(39)35-28-14-8-5-9-15-28/h4,6-7,10-13,16-21,28,30H,3,5,8-9,14-15,22-24H2,1-2H3,(H,35,39)/t30-/m0/s1. The first-order valence-corrected chi connectivity index (χ1v) is 17.0. The van der Waals surface area contributed by atoms with Gasteiger partial charge in [0, 0.05) is 24.0 Å². The fraction of sp³-hybridized carbons (Fsp3) is 0.394. The number of sulfonamides is 1. The first-order valence-electron chi connectivity index (χ1n) is 14.7. The molecule has 0 heterocycles. The van der Waals surface area contributed by atoms with Crippen molar-refractivity contribution < 1.29 is 22.7 Å². The van der Waals surface area contributed by atoms with Gasteiger partial charge in [0.15, 0.2) is 0 Å². The monoisotopic (exact) mass is 625 g/mol. The first-order chi connectivity index (χ1) is 20.7. The van der Waals surface area contributed by atoms with Gasteiger partial charge in [0.2, 0.25) is 21.8 Å². The van der Waals surface area contributed by atoms with E-state index in [2.05, 4.69) is 5.32 Å². The third-order valence-corrected chi connectivity index (χ3v) is 8.98. The van der Waals surface area contributed by atoms with Gasteiger partial charge in [-0.1, -0.05) is 85.5 Å². The molecule has 43 heavy (non-hydrogen) atoms. The Morgan fingerprint density at radius 2 is 1.58 bits per heavy atom. The van der Waals surface area contributed by atoms with Crippen LogP contribution in [0, 0.1) is 0 Å². The van der Waals surface area contributed by atoms with E-state index in [4.69, 9.17) is 16.3 Å². The summed E-state index contributed by atoms with van der Waals surface area (Å²) in [7, 11) is -3.91. The SMILES string of the molecule is CCOc1ccccc1N(CC(=O)N(Cc1ccc(Cl)cc1)[C@@H](Cc1ccccc1)C(=O)NC1CCCCC1)S(C)(=O)=O. The molecule has 0 saturated heterocycles. The summed E-state index contributed by atoms with van der Waals surface area (Å²) in [5.74, 6) is -0.409. The maximum Gasteiger partial charge on any atom is 0.244 e. The van der Waals surface area contributed by atoms with Crippen LogP contribution in [0.4, 0.5) is 5.69 Å². The van der Waals surface area contributed by atoms with Crippen LogP contribution in [-0.2, 0) is 32.6 Å². The van der Waals surface area contributed by atoms with Gasteiger partial charge in [0.25, 0.3) is 0 Å². The molecule has 1 fully saturated rings. The molecule has 0 aliphatic heterocycles. The molecule has 3 aromatic carbocycles. The summed E-state index contributed by atoms with van der Waals surface area (Å²) in [6.07, 6.45) is 6.35. The van der Waals surface area contributed by atoms with Gasteiger partial charge in [-0.3, -0.25) is 13.9 Å². The second-order valence-electron chi connectivity index (χ2n) is 10.9. The molecule has 8 nitrogen and oxygen atoms in total. The second-order valence-corrected chi connectivity index (χ2v) is 13.2. The van der Waals surface area contributed by atoms with Crippen LogP contribution in [0.2, 0.25) is 5.02 Å². The number of carbonyl (C=O) groups excluding carboxylic acids is 2. The highest BCUT2D eigenvalue weighted by Crippen LogP contribution is 2.30. The van der Waals surface area contributed by atoms with Crippen molar-refractivity contribution in [2.75, 3.05) is 23.7 Å². The molecule has 1 N–H and O–H groups in total. The third kappa shape index (κ3) is 9.21. The van der Waals surface area contributed by atoms with Gasteiger partial charge >= 0.3 is 0 Å². The van der Waals surface area contributed by atoms with E-state index in [0.717, 1.165) is 53.8 Å². The Bertz CT molecular complexity index is 1460. The van der Waals surface area contributed by atoms with Crippen molar-refractivity contribution in [1.29, 1.82) is 0 Å². The van der Waals surface area contributed by atoms with Crippen LogP contribution in [0.1, 0.15) is 50.2 Å². The molecule has 1 atom stereocenters. The lowest BCUT2D eigenvalue weighted by Gasteiger charge is -2.35. The van der Waals surface area contributed by atoms with Gasteiger partial charge in [-0.25, -0.2) is 8.42 Å². The summed E-state index contributed by atoms with van der Waals surface area (Å²) in [5, 5.41) is 3.75. The lowest BCUT2D eigenvalue weighted by molar-refractivity contribution is -0.140. The van der Waals surface area contributed by atoms with Crippen molar-refractivity contribution in [2.45, 2.75) is 64.1 Å². The van der Waals surface area contributed by atoms with Crippen LogP contribution >= 0.6 is 11.6 Å². The fourth-order valence-corrected chi connectivity index (χ4v) is 6.40. The average Bonchev–Trinajstić information content (AvgIpc) is 2.99. The van der Waals surface area contributed by atoms with Crippen molar-refractivity contribution in [3.63, 3.8) is 0 Å². The number of ether oxygens (including phenoxy) is 1. The Hall–Kier alpha value is -3.56. The third-order valence-electron chi connectivity index (χ3n) is 7.60. The van der Waals surface area contributed by atoms with Gasteiger partial charge in [-0.15, -0.1) is 0 Å². The molecule has 3 aromatic rings. The van der Waals surface area contributed by atoms with Gasteiger partial charge in [0.1, 0.15) is 18.3 Å². The van der Waals surface area contributed by atoms with Gasteiger partial charge in [-0.05, 0) is 55.2 Å². The van der Waals surface area contributed by atoms with Crippen LogP contribution < -0.4 is 14.4 Å². The Labute approximate surface area is 260 Å². The summed E-state index contributed by atoms with van der Waals surface area (Å²) < 4.78 is 33.0. The summed E-state index contributed by atoms with van der Waals surface area (Å²) in [5.41, 5.74) is 1.92. The fourth-order valence-electron chi connectivity index (χ4n) is 5.42. The largest absolute Gasteiger partial charge is 0.492 e. The molecule has 0 unspecified atom stereocenters. The van der Waals surface area contributed by atoms with Crippen LogP contribution in [0.25, 0.3) is 0 Å². The number of rotatable bonds is 13. The van der Waals surface area contributed by atoms with Crippen molar-refractivity contribution in [1.82, 2.24) is 10.2 Å². The summed E-state index contributed by atoms with van der Waals surface area (Å²) in [4.78, 5) is 29.8. The minimum Gasteiger partial charge on any atom is -0.492 e. The second kappa shape index (κ2) is 15.3. The van der Waals surface area contributed by atoms with Crippen LogP contribution in [-0.4, -0.2) is 56.6 Å². The molecule has 0 spiro atoms. The lowest BCUT2D eigenvalue weighted by Crippen LogP contribution is -2.55. The zero-order valence-corrected chi connectivity index (χ0v) is 26.3. The maximum absolute atomic E-state index is 14.3. The molecule has 1 aliphatic rings. The number of benzene rings is 3. The van der Waals surface area contributed by atoms with Crippen molar-refractivity contribution >= 4 is 39.1 Å². The van der Waals surface area contributed by atoms with E-state index in [0.29, 0.717) is 17.4 Å². The number of anilines is 1. The van der Waals surface area contributed by atoms with Crippen LogP contribution in [0.5, 0.6) is 5.75 Å². The molecule has 2 amide bonds. The quantitative estimate of drug-likeness (QED) is 0.267. The highest BCUT2D eigenvalue weighted by molar-refractivity contribution is 7.92. The van der Waals surface area contributed by atoms with E-state index in [1.807, 2.05) is 30.3 Å². The van der Waals surface area contributed by atoms with Crippen LogP contribution in [0.15, 0.2) is 78.9 Å². The number of para-hydroxylation sites is 2. The summed E-state index contributed by atoms with van der Waals surface area (Å²) >= 11 is 6.14. The van der Waals surface area contributed by atoms with Crippen LogP contribution in [0.3, 0.4) is 0 Å². The molecule has 0 radical (unpaired) electrons. The number of carbonyl (C=O) groups is 2. The summed E-state index contributed by atoms with van der Waals surface area (Å²) in [6, 6.07) is 22.5. The topological polar surface area (TPSA) is 96.0 Å². The molecular formula is C33H40ClN3O5S. The highest BCUT2D eigenvalue weighted by atomic mass is 35.5. The van der Waals surface area contributed by atoms with E-state index in [1.165, 1.54) is 4.90 Å². The highest BCUT2D eigenvalue weighted by Gasteiger charge is 2.34. The average molecular weight is 626 g/mol. The van der Waals surface area contributed by atoms with Gasteiger partial charge in [-0.2, -0.15) is 0 Å². The number of nitrogens with one attached hydrogen (secondary N) is 1. The first kappa shape index (κ1) is 32.4. The minimum atomic E-state index is -3.91. The molecule has 230 valence electrons. The zero-order valence-electron chi connectivity index (χ0n) is 24.7. The van der Waals surface area contributed by atoms with E-state index in [-0.39, 0.29) is 30.6 Å². The molecule has 1 saturated carbocycles. The number of halogens is 1. The number of amides is 2. The van der Waals surface area contributed by atoms with E-state index in [9.17, 15) is 18.0 Å². The zero-order chi connectivity index (χ0) is 30.8. The van der Waals surface area contributed by atoms with Crippen molar-refractivity contribution in [2.24, 2.45) is 0 Å². The molecular weight excluding hydrogens is 586 g/mol. The predicted octanol–water partition coefficient (Wildman–Crippen LogP) is 5.59. The number of hydrogen-bond acceptors (Lipinski definition) is 5. The van der Waals surface area contributed by atoms with E-state index < -0.39 is 28.5 Å². The number of nitrogens with zero attached hydrogens (tertiary/aromatic N) is 2. The Balaban J connectivity index is 1.73. The van der Waals surface area contributed by atoms with Gasteiger partial charge in [0.05, 0.1) is 18.6 Å². The Kier molecular flexibility index (Phi) is 11.5. The van der Waals surface area contributed by atoms with E-state index >= 15 is 0 Å². The Morgan fingerprint density at radius 1 is 0.930 bits per heavy atom. The lowest BCUT2D eigenvalue weighted by atomic mass is 9.94. The van der Waals surface area contributed by atoms with Gasteiger partial charge < -0.3 is 15.0 Å². The molecule has 10 heteroatoms. The van der Waals surface area contributed by atoms with Crippen molar-refractivity contribution in [3.05, 3.63) is 95.0 Å². The maximum atomic E-state index is 14.3. The smallest absolute Gasteiger partial charge is 0.244 e. The van der Waals surface area contributed by atoms with E-state index in [1.54, 1.807) is 55.5 Å². The molecule has 0 aromatic heterocycles. The molecule has 4 rings (SSSR count). The normalized spacial score (nSPS) is 14.5. The Morgan fingerprint density at radius 3 is 2.23 bits per heavy atom. The number of hydrogen-bond donors (Lipinski definition) is 1.